The van der Waals surface area contributed by atoms with E-state index in [-0.39, 0.29) is 22.9 Å². The summed E-state index contributed by atoms with van der Waals surface area (Å²) in [7, 11) is 0. The Hall–Kier alpha value is -3.87. The molecule has 0 fully saturated rings. The summed E-state index contributed by atoms with van der Waals surface area (Å²) in [6.07, 6.45) is -1.59. The third-order valence-corrected chi connectivity index (χ3v) is 7.47. The normalized spacial score (nSPS) is 16.7. The van der Waals surface area contributed by atoms with Gasteiger partial charge in [0.1, 0.15) is 5.82 Å². The van der Waals surface area contributed by atoms with Crippen LogP contribution in [0.5, 0.6) is 0 Å². The number of rotatable bonds is 8. The minimum absolute atomic E-state index is 0.0398. The molecule has 5 rings (SSSR count). The van der Waals surface area contributed by atoms with E-state index in [1.165, 1.54) is 42.7 Å². The fourth-order valence-electron chi connectivity index (χ4n) is 4.51. The molecular formula is C30H19Cl3F5N3O3. The van der Waals surface area contributed by atoms with Crippen LogP contribution < -0.4 is 16.3 Å². The minimum Gasteiger partial charge on any atom is -0.327 e. The molecule has 3 N–H and O–H groups in total. The Kier molecular flexibility index (Phi) is 9.05. The molecule has 1 aliphatic heterocycles. The Morgan fingerprint density at radius 2 is 1.64 bits per heavy atom. The highest BCUT2D eigenvalue weighted by molar-refractivity contribution is 6.35. The second-order valence-electron chi connectivity index (χ2n) is 9.42. The third kappa shape index (κ3) is 6.19. The molecule has 4 aromatic carbocycles. The number of benzene rings is 4. The fraction of sp³-hybridized carbons (Fsp3) is 0.100. The molecule has 0 saturated heterocycles. The molecule has 44 heavy (non-hydrogen) atoms. The Morgan fingerprint density at radius 1 is 0.932 bits per heavy atom. The van der Waals surface area contributed by atoms with E-state index >= 15 is 0 Å². The Balaban J connectivity index is 1.36. The van der Waals surface area contributed by atoms with Crippen molar-refractivity contribution in [3.8, 4) is 0 Å². The smallest absolute Gasteiger partial charge is 0.327 e. The van der Waals surface area contributed by atoms with E-state index in [1.807, 2.05) is 0 Å². The van der Waals surface area contributed by atoms with Crippen LogP contribution in [0, 0.1) is 11.6 Å². The van der Waals surface area contributed by atoms with Crippen LogP contribution in [0.3, 0.4) is 0 Å². The maximum atomic E-state index is 14.5. The fourth-order valence-corrected chi connectivity index (χ4v) is 5.20. The van der Waals surface area contributed by atoms with Gasteiger partial charge in [-0.1, -0.05) is 71.2 Å². The topological polar surface area (TPSA) is 71.6 Å². The largest absolute Gasteiger partial charge is 0.428 e. The summed E-state index contributed by atoms with van der Waals surface area (Å²) >= 11 is 17.3. The predicted octanol–water partition coefficient (Wildman–Crippen LogP) is 8.33. The number of hydrogen-bond acceptors (Lipinski definition) is 5. The second-order valence-corrected chi connectivity index (χ2v) is 10.6. The van der Waals surface area contributed by atoms with Crippen molar-refractivity contribution in [3.63, 3.8) is 0 Å². The van der Waals surface area contributed by atoms with Crippen molar-refractivity contribution in [1.29, 1.82) is 0 Å². The van der Waals surface area contributed by atoms with E-state index < -0.39 is 44.9 Å². The zero-order chi connectivity index (χ0) is 31.6. The molecule has 0 bridgehead atoms. The highest BCUT2D eigenvalue weighted by atomic mass is 35.5. The van der Waals surface area contributed by atoms with Crippen LogP contribution >= 0.6 is 34.8 Å². The van der Waals surface area contributed by atoms with Crippen molar-refractivity contribution in [2.75, 3.05) is 0 Å². The first-order valence-electron chi connectivity index (χ1n) is 12.6. The number of alkyl halides is 3. The Bertz CT molecular complexity index is 1790. The molecule has 1 amide bonds. The molecule has 1 heterocycles. The molecule has 0 spiro atoms. The van der Waals surface area contributed by atoms with Gasteiger partial charge in [0, 0.05) is 29.1 Å². The van der Waals surface area contributed by atoms with E-state index in [9.17, 15) is 26.7 Å². The molecule has 1 atom stereocenters. The summed E-state index contributed by atoms with van der Waals surface area (Å²) in [6, 6.07) is 15.3. The van der Waals surface area contributed by atoms with Gasteiger partial charge in [0.05, 0.1) is 27.4 Å². The highest BCUT2D eigenvalue weighted by Crippen LogP contribution is 2.49. The van der Waals surface area contributed by atoms with Gasteiger partial charge >= 0.3 is 6.18 Å². The van der Waals surface area contributed by atoms with Crippen LogP contribution in [0.25, 0.3) is 16.5 Å². The molecule has 1 unspecified atom stereocenters. The molecule has 0 radical (unpaired) electrons. The van der Waals surface area contributed by atoms with E-state index in [0.29, 0.717) is 21.9 Å². The highest BCUT2D eigenvalue weighted by Gasteiger charge is 2.60. The van der Waals surface area contributed by atoms with Gasteiger partial charge in [0.25, 0.3) is 5.91 Å². The molecule has 4 aromatic rings. The molecule has 228 valence electrons. The van der Waals surface area contributed by atoms with E-state index in [2.05, 4.69) is 16.3 Å². The van der Waals surface area contributed by atoms with Crippen LogP contribution in [0.15, 0.2) is 85.2 Å². The van der Waals surface area contributed by atoms with Gasteiger partial charge in [-0.05, 0) is 52.7 Å². The molecule has 0 aromatic heterocycles. The number of nitrogens with one attached hydrogen (secondary N) is 3. The van der Waals surface area contributed by atoms with Gasteiger partial charge in [-0.25, -0.2) is 8.78 Å². The van der Waals surface area contributed by atoms with Gasteiger partial charge in [-0.2, -0.15) is 13.2 Å². The number of halogens is 8. The van der Waals surface area contributed by atoms with Crippen molar-refractivity contribution in [2.24, 2.45) is 0 Å². The first-order chi connectivity index (χ1) is 20.9. The third-order valence-electron chi connectivity index (χ3n) is 6.63. The van der Waals surface area contributed by atoms with Gasteiger partial charge in [-0.15, -0.1) is 0 Å². The van der Waals surface area contributed by atoms with Gasteiger partial charge < -0.3 is 5.32 Å². The van der Waals surface area contributed by atoms with E-state index in [1.54, 1.807) is 24.3 Å². The van der Waals surface area contributed by atoms with Gasteiger partial charge in [-0.3, -0.25) is 25.4 Å². The zero-order valence-corrected chi connectivity index (χ0v) is 24.3. The lowest BCUT2D eigenvalue weighted by atomic mass is 9.90. The van der Waals surface area contributed by atoms with Crippen molar-refractivity contribution < 1.29 is 36.4 Å². The number of amides is 1. The summed E-state index contributed by atoms with van der Waals surface area (Å²) in [5.41, 5.74) is 2.37. The summed E-state index contributed by atoms with van der Waals surface area (Å²) in [5, 5.41) is 2.21. The summed E-state index contributed by atoms with van der Waals surface area (Å²) in [4.78, 5) is 23.3. The minimum atomic E-state index is -5.00. The summed E-state index contributed by atoms with van der Waals surface area (Å²) < 4.78 is 70.7. The molecular weight excluding hydrogens is 652 g/mol. The van der Waals surface area contributed by atoms with E-state index in [0.717, 1.165) is 18.2 Å². The molecule has 6 nitrogen and oxygen atoms in total. The summed E-state index contributed by atoms with van der Waals surface area (Å²) in [6.45, 7) is 0.0643. The quantitative estimate of drug-likeness (QED) is 0.0761. The first-order valence-corrected chi connectivity index (χ1v) is 13.7. The van der Waals surface area contributed by atoms with Crippen LogP contribution in [0.1, 0.15) is 27.0 Å². The van der Waals surface area contributed by atoms with Crippen LogP contribution in [0.2, 0.25) is 15.1 Å². The van der Waals surface area contributed by atoms with Gasteiger partial charge in [0.15, 0.2) is 5.82 Å². The van der Waals surface area contributed by atoms with Crippen LogP contribution in [-0.2, 0) is 21.9 Å². The number of carbonyl (C=O) groups is 1. The molecule has 1 aliphatic rings. The Labute approximate surface area is 261 Å². The van der Waals surface area contributed by atoms with E-state index in [4.69, 9.17) is 44.5 Å². The number of carbonyl (C=O) groups excluding carboxylic acids is 1. The average molecular weight is 671 g/mol. The molecule has 0 aliphatic carbocycles. The van der Waals surface area contributed by atoms with Crippen molar-refractivity contribution in [1.82, 2.24) is 16.3 Å². The monoisotopic (exact) mass is 669 g/mol. The average Bonchev–Trinajstić information content (AvgIpc) is 3.45. The maximum absolute atomic E-state index is 14.5. The second kappa shape index (κ2) is 12.6. The SMILES string of the molecule is O=C(NC=CNOCc1ccc(F)c(Cl)c1)c1ccc(C2=CC(c3cc(Cl)c(F)c(Cl)c3)(C(F)(F)F)ON2)c2ccccc12. The molecule has 14 heteroatoms. The maximum Gasteiger partial charge on any atom is 0.428 e. The lowest BCUT2D eigenvalue weighted by molar-refractivity contribution is -0.269. The van der Waals surface area contributed by atoms with Gasteiger partial charge in [0.2, 0.25) is 5.60 Å². The lowest BCUT2D eigenvalue weighted by Crippen LogP contribution is -2.42. The molecule has 0 saturated carbocycles. The summed E-state index contributed by atoms with van der Waals surface area (Å²) in [5.74, 6) is -2.12. The predicted molar refractivity (Wildman–Crippen MR) is 156 cm³/mol. The van der Waals surface area contributed by atoms with Crippen LogP contribution in [0.4, 0.5) is 22.0 Å². The standard InChI is InChI=1S/C30H19Cl3F5N3O3/c31-22-11-16(5-8-25(22)34)15-43-40-10-9-39-28(42)21-7-6-20(18-3-1-2-4-19(18)21)26-14-29(44-41-26,30(36,37)38)17-12-23(32)27(35)24(33)13-17/h1-14,40-41H,15H2,(H,39,42). The first kappa shape index (κ1) is 31.6. The zero-order valence-electron chi connectivity index (χ0n) is 22.0. The van der Waals surface area contributed by atoms with Crippen molar-refractivity contribution in [3.05, 3.63) is 134 Å². The van der Waals surface area contributed by atoms with Crippen molar-refractivity contribution in [2.45, 2.75) is 18.4 Å². The van der Waals surface area contributed by atoms with Crippen LogP contribution in [-0.4, -0.2) is 12.1 Å². The number of hydrogen-bond donors (Lipinski definition) is 3. The van der Waals surface area contributed by atoms with Crippen molar-refractivity contribution >= 4 is 57.2 Å². The Morgan fingerprint density at radius 3 is 2.32 bits per heavy atom. The number of hydroxylamine groups is 2. The number of fused-ring (bicyclic) bond motifs is 1. The lowest BCUT2D eigenvalue weighted by Gasteiger charge is -2.28.